The molecule has 1 heterocycles. The van der Waals surface area contributed by atoms with E-state index < -0.39 is 53.6 Å². The number of aliphatic hydroxyl groups excluding tert-OH is 2. The molecule has 1 aliphatic rings. The van der Waals surface area contributed by atoms with Crippen molar-refractivity contribution in [2.75, 3.05) is 6.61 Å². The molecule has 11 heteroatoms. The third kappa shape index (κ3) is 5.99. The zero-order chi connectivity index (χ0) is 19.3. The summed E-state index contributed by atoms with van der Waals surface area (Å²) >= 11 is 0. The van der Waals surface area contributed by atoms with Gasteiger partial charge in [0.15, 0.2) is 6.29 Å². The molecule has 1 fully saturated rings. The minimum atomic E-state index is -4.75. The maximum absolute atomic E-state index is 11.3. The van der Waals surface area contributed by atoms with Crippen molar-refractivity contribution in [2.45, 2.75) is 44.2 Å². The van der Waals surface area contributed by atoms with Gasteiger partial charge in [0.25, 0.3) is 0 Å². The lowest BCUT2D eigenvalue weighted by atomic mass is 9.96. The van der Waals surface area contributed by atoms with Gasteiger partial charge in [0.2, 0.25) is 5.91 Å². The van der Waals surface area contributed by atoms with Crippen molar-refractivity contribution in [1.29, 1.82) is 0 Å². The summed E-state index contributed by atoms with van der Waals surface area (Å²) in [5.41, 5.74) is 0.774. The first-order chi connectivity index (χ1) is 12.2. The van der Waals surface area contributed by atoms with E-state index >= 15 is 0 Å². The molecule has 26 heavy (non-hydrogen) atoms. The van der Waals surface area contributed by atoms with Gasteiger partial charge < -0.3 is 25.0 Å². The SMILES string of the molecule is CC(=O)N[C@@H]1[C@@H](O)[C@H](OCc2ccccc2)[C@@H](COS(=O)(=O)O)O[C@@H]1O. The van der Waals surface area contributed by atoms with Gasteiger partial charge in [0, 0.05) is 6.92 Å². The van der Waals surface area contributed by atoms with E-state index in [-0.39, 0.29) is 6.61 Å². The summed E-state index contributed by atoms with van der Waals surface area (Å²) in [6.45, 7) is 0.559. The van der Waals surface area contributed by atoms with Crippen LogP contribution in [0, 0.1) is 0 Å². The first-order valence-electron chi connectivity index (χ1n) is 7.73. The van der Waals surface area contributed by atoms with E-state index in [1.165, 1.54) is 6.92 Å². The van der Waals surface area contributed by atoms with Gasteiger partial charge in [-0.3, -0.25) is 9.35 Å². The Morgan fingerprint density at radius 1 is 1.27 bits per heavy atom. The second-order valence-electron chi connectivity index (χ2n) is 5.76. The smallest absolute Gasteiger partial charge is 0.388 e. The highest BCUT2D eigenvalue weighted by Gasteiger charge is 2.46. The molecule has 1 saturated heterocycles. The summed E-state index contributed by atoms with van der Waals surface area (Å²) in [6.07, 6.45) is -5.39. The Morgan fingerprint density at radius 2 is 1.92 bits per heavy atom. The zero-order valence-corrected chi connectivity index (χ0v) is 14.7. The fourth-order valence-electron chi connectivity index (χ4n) is 2.59. The molecule has 0 aromatic heterocycles. The molecule has 146 valence electrons. The van der Waals surface area contributed by atoms with Crippen molar-refractivity contribution in [3.05, 3.63) is 35.9 Å². The number of amides is 1. The largest absolute Gasteiger partial charge is 0.397 e. The molecule has 10 nitrogen and oxygen atoms in total. The maximum atomic E-state index is 11.3. The van der Waals surface area contributed by atoms with E-state index in [1.807, 2.05) is 6.07 Å². The summed E-state index contributed by atoms with van der Waals surface area (Å²) in [7, 11) is -4.75. The molecule has 0 bridgehead atoms. The van der Waals surface area contributed by atoms with Crippen LogP contribution in [0.1, 0.15) is 12.5 Å². The highest BCUT2D eigenvalue weighted by Crippen LogP contribution is 2.24. The van der Waals surface area contributed by atoms with E-state index in [0.29, 0.717) is 0 Å². The number of ether oxygens (including phenoxy) is 2. The van der Waals surface area contributed by atoms with Crippen molar-refractivity contribution in [3.63, 3.8) is 0 Å². The van der Waals surface area contributed by atoms with Crippen molar-refractivity contribution >= 4 is 16.3 Å². The predicted molar refractivity (Wildman–Crippen MR) is 87.0 cm³/mol. The fourth-order valence-corrected chi connectivity index (χ4v) is 2.89. The van der Waals surface area contributed by atoms with Crippen LogP contribution in [0.3, 0.4) is 0 Å². The van der Waals surface area contributed by atoms with Gasteiger partial charge in [-0.25, -0.2) is 4.18 Å². The van der Waals surface area contributed by atoms with Crippen LogP contribution in [0.4, 0.5) is 0 Å². The van der Waals surface area contributed by atoms with Gasteiger partial charge in [0.1, 0.15) is 24.4 Å². The number of carbonyl (C=O) groups is 1. The van der Waals surface area contributed by atoms with E-state index in [2.05, 4.69) is 9.50 Å². The van der Waals surface area contributed by atoms with Crippen LogP contribution in [0.15, 0.2) is 30.3 Å². The molecule has 0 spiro atoms. The summed E-state index contributed by atoms with van der Waals surface area (Å²) in [5.74, 6) is -0.508. The average Bonchev–Trinajstić information content (AvgIpc) is 2.56. The van der Waals surface area contributed by atoms with E-state index in [1.54, 1.807) is 24.3 Å². The fraction of sp³-hybridized carbons (Fsp3) is 0.533. The quantitative estimate of drug-likeness (QED) is 0.428. The third-order valence-corrected chi connectivity index (χ3v) is 4.16. The lowest BCUT2D eigenvalue weighted by Crippen LogP contribution is -2.64. The molecule has 1 aliphatic heterocycles. The zero-order valence-electron chi connectivity index (χ0n) is 13.9. The molecule has 0 aliphatic carbocycles. The Kier molecular flexibility index (Phi) is 7.06. The first kappa shape index (κ1) is 20.7. The van der Waals surface area contributed by atoms with Gasteiger partial charge >= 0.3 is 10.4 Å². The third-order valence-electron chi connectivity index (χ3n) is 3.73. The van der Waals surface area contributed by atoms with Gasteiger partial charge in [0.05, 0.1) is 13.2 Å². The molecule has 1 aromatic carbocycles. The monoisotopic (exact) mass is 391 g/mol. The number of rotatable bonds is 7. The second kappa shape index (κ2) is 8.86. The molecule has 0 saturated carbocycles. The summed E-state index contributed by atoms with van der Waals surface area (Å²) in [6, 6.07) is 7.76. The van der Waals surface area contributed by atoms with E-state index in [9.17, 15) is 23.4 Å². The lowest BCUT2D eigenvalue weighted by Gasteiger charge is -2.42. The summed E-state index contributed by atoms with van der Waals surface area (Å²) in [4.78, 5) is 11.3. The van der Waals surface area contributed by atoms with Crippen molar-refractivity contribution in [1.82, 2.24) is 5.32 Å². The number of aliphatic hydroxyl groups is 2. The van der Waals surface area contributed by atoms with Crippen molar-refractivity contribution in [2.24, 2.45) is 0 Å². The normalized spacial score (nSPS) is 29.3. The Hall–Kier alpha value is -1.60. The molecular formula is C15H21NO9S. The molecule has 0 radical (unpaired) electrons. The second-order valence-corrected chi connectivity index (χ2v) is 6.85. The Balaban J connectivity index is 2.14. The van der Waals surface area contributed by atoms with E-state index in [0.717, 1.165) is 5.56 Å². The molecule has 2 rings (SSSR count). The van der Waals surface area contributed by atoms with Gasteiger partial charge in [-0.15, -0.1) is 0 Å². The number of nitrogens with one attached hydrogen (secondary N) is 1. The Labute approximate surface area is 150 Å². The molecule has 1 amide bonds. The van der Waals surface area contributed by atoms with Crippen molar-refractivity contribution < 1.29 is 41.6 Å². The molecular weight excluding hydrogens is 370 g/mol. The maximum Gasteiger partial charge on any atom is 0.397 e. The van der Waals surface area contributed by atoms with Crippen LogP contribution >= 0.6 is 0 Å². The minimum absolute atomic E-state index is 0.0528. The van der Waals surface area contributed by atoms with Gasteiger partial charge in [-0.1, -0.05) is 30.3 Å². The van der Waals surface area contributed by atoms with Crippen LogP contribution in [0.5, 0.6) is 0 Å². The van der Waals surface area contributed by atoms with Gasteiger partial charge in [-0.2, -0.15) is 8.42 Å². The Bertz CT molecular complexity index is 696. The molecule has 4 N–H and O–H groups in total. The van der Waals surface area contributed by atoms with Crippen LogP contribution < -0.4 is 5.32 Å². The number of benzene rings is 1. The van der Waals surface area contributed by atoms with Crippen LogP contribution in [-0.4, -0.2) is 66.3 Å². The number of hydrogen-bond donors (Lipinski definition) is 4. The summed E-state index contributed by atoms with van der Waals surface area (Å²) < 4.78 is 45.4. The first-order valence-corrected chi connectivity index (χ1v) is 9.10. The number of carbonyl (C=O) groups excluding carboxylic acids is 1. The van der Waals surface area contributed by atoms with Gasteiger partial charge in [-0.05, 0) is 5.56 Å². The topological polar surface area (TPSA) is 152 Å². The number of hydrogen-bond acceptors (Lipinski definition) is 8. The van der Waals surface area contributed by atoms with E-state index in [4.69, 9.17) is 14.0 Å². The highest BCUT2D eigenvalue weighted by molar-refractivity contribution is 7.80. The molecule has 1 aromatic rings. The van der Waals surface area contributed by atoms with Crippen LogP contribution in [0.25, 0.3) is 0 Å². The standard InChI is InChI=1S/C15H21NO9S/c1-9(17)16-12-13(18)14(23-7-10-5-3-2-4-6-10)11(25-15(12)19)8-24-26(20,21)22/h2-6,11-15,18-19H,7-8H2,1H3,(H,16,17)(H,20,21,22)/t11-,12-,13-,14-,15+/m1/s1. The van der Waals surface area contributed by atoms with Crippen LogP contribution in [-0.2, 0) is 35.5 Å². The van der Waals surface area contributed by atoms with Crippen LogP contribution in [0.2, 0.25) is 0 Å². The minimum Gasteiger partial charge on any atom is -0.388 e. The highest BCUT2D eigenvalue weighted by atomic mass is 32.3. The average molecular weight is 391 g/mol. The lowest BCUT2D eigenvalue weighted by molar-refractivity contribution is -0.263. The van der Waals surface area contributed by atoms with Crippen molar-refractivity contribution in [3.8, 4) is 0 Å². The molecule has 0 unspecified atom stereocenters. The summed E-state index contributed by atoms with van der Waals surface area (Å²) in [5, 5.41) is 22.8. The molecule has 5 atom stereocenters. The Morgan fingerprint density at radius 3 is 2.50 bits per heavy atom. The predicted octanol–water partition coefficient (Wildman–Crippen LogP) is -1.03.